The number of ether oxygens (including phenoxy) is 1. The van der Waals surface area contributed by atoms with Crippen LogP contribution in [0.15, 0.2) is 28.7 Å². The SMILES string of the molecule is COCC[S@@+]([O-])c1sc2nc(-c3cnc4c(cnn4C)c3)cc(C3CC3)c2c1N. The number of rotatable bonds is 6. The van der Waals surface area contributed by atoms with Crippen molar-refractivity contribution in [2.45, 2.75) is 23.0 Å². The van der Waals surface area contributed by atoms with Gasteiger partial charge in [-0.2, -0.15) is 5.10 Å². The number of hydrogen-bond acceptors (Lipinski definition) is 7. The molecule has 1 saturated carbocycles. The summed E-state index contributed by atoms with van der Waals surface area (Å²) in [6, 6.07) is 4.19. The Morgan fingerprint density at radius 3 is 2.93 bits per heavy atom. The summed E-state index contributed by atoms with van der Waals surface area (Å²) in [4.78, 5) is 10.3. The normalized spacial score (nSPS) is 15.4. The molecule has 29 heavy (non-hydrogen) atoms. The molecule has 4 heterocycles. The Kier molecular flexibility index (Phi) is 4.70. The summed E-state index contributed by atoms with van der Waals surface area (Å²) >= 11 is 0.239. The molecule has 0 bridgehead atoms. The Morgan fingerprint density at radius 1 is 1.34 bits per heavy atom. The van der Waals surface area contributed by atoms with Crippen LogP contribution < -0.4 is 5.73 Å². The van der Waals surface area contributed by atoms with Crippen LogP contribution in [0.1, 0.15) is 24.3 Å². The van der Waals surface area contributed by atoms with Crippen LogP contribution in [0.2, 0.25) is 0 Å². The molecule has 4 aromatic heterocycles. The molecule has 7 nitrogen and oxygen atoms in total. The molecule has 0 spiro atoms. The van der Waals surface area contributed by atoms with Gasteiger partial charge in [-0.25, -0.2) is 9.97 Å². The van der Waals surface area contributed by atoms with E-state index in [1.165, 1.54) is 16.9 Å². The van der Waals surface area contributed by atoms with Crippen LogP contribution in [-0.4, -0.2) is 43.8 Å². The molecule has 150 valence electrons. The highest BCUT2D eigenvalue weighted by Gasteiger charge is 2.31. The number of pyridine rings is 2. The van der Waals surface area contributed by atoms with E-state index in [1.54, 1.807) is 11.8 Å². The van der Waals surface area contributed by atoms with Gasteiger partial charge in [0.25, 0.3) is 0 Å². The Bertz CT molecular complexity index is 1210. The first kappa shape index (κ1) is 18.8. The Labute approximate surface area is 175 Å². The average molecular weight is 428 g/mol. The first-order chi connectivity index (χ1) is 14.1. The smallest absolute Gasteiger partial charge is 0.232 e. The number of methoxy groups -OCH3 is 1. The monoisotopic (exact) mass is 427 g/mol. The van der Waals surface area contributed by atoms with E-state index >= 15 is 0 Å². The average Bonchev–Trinajstić information content (AvgIpc) is 3.44. The minimum Gasteiger partial charge on any atom is -0.611 e. The molecule has 1 aliphatic rings. The van der Waals surface area contributed by atoms with Gasteiger partial charge in [0.1, 0.15) is 16.3 Å². The van der Waals surface area contributed by atoms with Crippen molar-refractivity contribution in [2.75, 3.05) is 25.2 Å². The maximum absolute atomic E-state index is 12.7. The fraction of sp³-hybridized carbons (Fsp3) is 0.350. The van der Waals surface area contributed by atoms with Gasteiger partial charge in [-0.05, 0) is 36.5 Å². The summed E-state index contributed by atoms with van der Waals surface area (Å²) in [5, 5.41) is 6.22. The zero-order valence-corrected chi connectivity index (χ0v) is 17.8. The van der Waals surface area contributed by atoms with E-state index in [0.29, 0.717) is 28.2 Å². The minimum atomic E-state index is -1.19. The second-order valence-electron chi connectivity index (χ2n) is 7.30. The summed E-state index contributed by atoms with van der Waals surface area (Å²) in [5.41, 5.74) is 10.9. The van der Waals surface area contributed by atoms with Gasteiger partial charge in [0.2, 0.25) is 4.21 Å². The first-order valence-corrected chi connectivity index (χ1v) is 11.6. The lowest BCUT2D eigenvalue weighted by molar-refractivity contribution is 0.217. The molecule has 0 amide bonds. The molecular formula is C20H21N5O2S2. The third-order valence-corrected chi connectivity index (χ3v) is 8.13. The van der Waals surface area contributed by atoms with Crippen LogP contribution in [0, 0.1) is 0 Å². The summed E-state index contributed by atoms with van der Waals surface area (Å²) in [7, 11) is 3.49. The van der Waals surface area contributed by atoms with Gasteiger partial charge in [-0.1, -0.05) is 11.3 Å². The highest BCUT2D eigenvalue weighted by molar-refractivity contribution is 7.93. The third-order valence-electron chi connectivity index (χ3n) is 5.26. The van der Waals surface area contributed by atoms with Crippen LogP contribution in [0.3, 0.4) is 0 Å². The third kappa shape index (κ3) is 3.28. The van der Waals surface area contributed by atoms with E-state index in [9.17, 15) is 4.55 Å². The van der Waals surface area contributed by atoms with Crippen LogP contribution in [0.5, 0.6) is 0 Å². The van der Waals surface area contributed by atoms with Gasteiger partial charge in [0.15, 0.2) is 5.65 Å². The van der Waals surface area contributed by atoms with E-state index in [4.69, 9.17) is 15.5 Å². The van der Waals surface area contributed by atoms with E-state index < -0.39 is 11.2 Å². The van der Waals surface area contributed by atoms with Gasteiger partial charge in [-0.15, -0.1) is 0 Å². The molecule has 0 saturated heterocycles. The van der Waals surface area contributed by atoms with Crippen molar-refractivity contribution >= 4 is 49.5 Å². The van der Waals surface area contributed by atoms with Gasteiger partial charge in [-0.3, -0.25) is 4.68 Å². The van der Waals surface area contributed by atoms with E-state index in [2.05, 4.69) is 22.2 Å². The molecule has 0 unspecified atom stereocenters. The van der Waals surface area contributed by atoms with Crippen molar-refractivity contribution in [3.05, 3.63) is 30.1 Å². The highest BCUT2D eigenvalue weighted by Crippen LogP contribution is 2.48. The standard InChI is InChI=1S/C20H21N5O2S2/c1-25-18-13(10-23-25)7-12(9-22-18)15-8-14(11-3-4-11)16-17(21)20(28-19(16)24-15)29(26)6-5-27-2/h7-11H,3-6,21H2,1-2H3/t29-/m1/s1. The number of nitrogen functional groups attached to an aromatic ring is 1. The zero-order valence-electron chi connectivity index (χ0n) is 16.2. The van der Waals surface area contributed by atoms with Crippen molar-refractivity contribution in [2.24, 2.45) is 7.05 Å². The summed E-state index contributed by atoms with van der Waals surface area (Å²) < 4.78 is 20.2. The summed E-state index contributed by atoms with van der Waals surface area (Å²) in [5.74, 6) is 0.923. The maximum Gasteiger partial charge on any atom is 0.232 e. The first-order valence-electron chi connectivity index (χ1n) is 9.45. The van der Waals surface area contributed by atoms with Crippen molar-refractivity contribution in [1.29, 1.82) is 0 Å². The molecule has 0 aromatic carbocycles. The van der Waals surface area contributed by atoms with Crippen molar-refractivity contribution < 1.29 is 9.29 Å². The number of nitrogens with zero attached hydrogens (tertiary/aromatic N) is 4. The maximum atomic E-state index is 12.7. The number of anilines is 1. The Balaban J connectivity index is 1.64. The highest BCUT2D eigenvalue weighted by atomic mass is 32.2. The topological polar surface area (TPSA) is 102 Å². The molecule has 2 N–H and O–H groups in total. The lowest BCUT2D eigenvalue weighted by Crippen LogP contribution is -2.11. The van der Waals surface area contributed by atoms with Gasteiger partial charge < -0.3 is 15.0 Å². The largest absolute Gasteiger partial charge is 0.611 e. The predicted octanol–water partition coefficient (Wildman–Crippen LogP) is 3.46. The van der Waals surface area contributed by atoms with Gasteiger partial charge >= 0.3 is 0 Å². The van der Waals surface area contributed by atoms with Gasteiger partial charge in [0.05, 0.1) is 18.5 Å². The lowest BCUT2D eigenvalue weighted by Gasteiger charge is -2.09. The molecule has 1 atom stereocenters. The molecule has 1 aliphatic carbocycles. The fourth-order valence-corrected chi connectivity index (χ4v) is 6.17. The number of nitrogens with two attached hydrogens (primary N) is 1. The van der Waals surface area contributed by atoms with Crippen LogP contribution >= 0.6 is 11.3 Å². The number of thiophene rings is 1. The number of hydrogen-bond donors (Lipinski definition) is 1. The molecule has 9 heteroatoms. The number of aromatic nitrogens is 4. The van der Waals surface area contributed by atoms with Crippen molar-refractivity contribution in [1.82, 2.24) is 19.7 Å². The molecule has 1 fully saturated rings. The zero-order chi connectivity index (χ0) is 20.1. The number of aryl methyl sites for hydroxylation is 1. The lowest BCUT2D eigenvalue weighted by atomic mass is 10.0. The molecule has 0 aliphatic heterocycles. The molecular weight excluding hydrogens is 406 g/mol. The Hall–Kier alpha value is -2.20. The number of fused-ring (bicyclic) bond motifs is 2. The predicted molar refractivity (Wildman–Crippen MR) is 117 cm³/mol. The molecule has 4 aromatic rings. The summed E-state index contributed by atoms with van der Waals surface area (Å²) in [6.45, 7) is 0.436. The van der Waals surface area contributed by atoms with Crippen molar-refractivity contribution in [3.63, 3.8) is 0 Å². The fourth-order valence-electron chi connectivity index (χ4n) is 3.60. The van der Waals surface area contributed by atoms with E-state index in [1.807, 2.05) is 19.4 Å². The van der Waals surface area contributed by atoms with Crippen molar-refractivity contribution in [3.8, 4) is 11.3 Å². The molecule has 0 radical (unpaired) electrons. The summed E-state index contributed by atoms with van der Waals surface area (Å²) in [6.07, 6.45) is 5.95. The van der Waals surface area contributed by atoms with E-state index in [0.717, 1.165) is 45.3 Å². The Morgan fingerprint density at radius 2 is 2.17 bits per heavy atom. The van der Waals surface area contributed by atoms with E-state index in [-0.39, 0.29) is 0 Å². The quantitative estimate of drug-likeness (QED) is 0.473. The van der Waals surface area contributed by atoms with Crippen LogP contribution in [0.4, 0.5) is 5.69 Å². The second-order valence-corrected chi connectivity index (χ2v) is 10.1. The van der Waals surface area contributed by atoms with Crippen LogP contribution in [-0.2, 0) is 23.0 Å². The molecule has 5 rings (SSSR count). The minimum absolute atomic E-state index is 0.431. The van der Waals surface area contributed by atoms with Gasteiger partial charge in [0, 0.05) is 47.9 Å². The van der Waals surface area contributed by atoms with Crippen LogP contribution in [0.25, 0.3) is 32.5 Å². The second kappa shape index (κ2) is 7.24.